The molecule has 11 rings (SSSR count). The molecule has 0 atom stereocenters. The Labute approximate surface area is 342 Å². The molecule has 0 aliphatic carbocycles. The van der Waals surface area contributed by atoms with Crippen molar-refractivity contribution in [3.05, 3.63) is 224 Å². The average molecular weight is 756 g/mol. The van der Waals surface area contributed by atoms with Crippen molar-refractivity contribution in [2.45, 2.75) is 0 Å². The molecule has 0 aliphatic rings. The van der Waals surface area contributed by atoms with Crippen molar-refractivity contribution in [2.75, 3.05) is 4.90 Å². The highest BCUT2D eigenvalue weighted by Gasteiger charge is 2.19. The fourth-order valence-corrected chi connectivity index (χ4v) is 10.00. The predicted octanol–water partition coefficient (Wildman–Crippen LogP) is 16.5. The Morgan fingerprint density at radius 1 is 0.276 bits per heavy atom. The van der Waals surface area contributed by atoms with Gasteiger partial charge in [-0.2, -0.15) is 0 Å². The fraction of sp³-hybridized carbons (Fsp3) is 0. The first kappa shape index (κ1) is 34.0. The van der Waals surface area contributed by atoms with Gasteiger partial charge < -0.3 is 4.90 Å². The quantitative estimate of drug-likeness (QED) is 0.146. The summed E-state index contributed by atoms with van der Waals surface area (Å²) in [5.41, 5.74) is 13.2. The SMILES string of the molecule is c1ccc(-c2ccc(-c3ccc(N(c4ccc(-c5cccc6c5sc5c(-c7ccccc7)cccc56)cc4)c4cccc5ccc6ccccc6c45)cc3)cc2)cc1. The molecule has 272 valence electrons. The van der Waals surface area contributed by atoms with Gasteiger partial charge in [0.15, 0.2) is 0 Å². The summed E-state index contributed by atoms with van der Waals surface area (Å²) >= 11 is 1.90. The van der Waals surface area contributed by atoms with Gasteiger partial charge in [-0.05, 0) is 91.0 Å². The topological polar surface area (TPSA) is 3.24 Å². The van der Waals surface area contributed by atoms with Gasteiger partial charge in [-0.3, -0.25) is 0 Å². The highest BCUT2D eigenvalue weighted by molar-refractivity contribution is 7.26. The lowest BCUT2D eigenvalue weighted by atomic mass is 9.98. The van der Waals surface area contributed by atoms with Crippen LogP contribution in [0.25, 0.3) is 86.2 Å². The van der Waals surface area contributed by atoms with E-state index in [1.165, 1.54) is 86.2 Å². The maximum atomic E-state index is 2.42. The zero-order chi connectivity index (χ0) is 38.4. The number of benzene rings is 10. The average Bonchev–Trinajstić information content (AvgIpc) is 3.70. The summed E-state index contributed by atoms with van der Waals surface area (Å²) in [4.78, 5) is 2.42. The number of nitrogens with zero attached hydrogens (tertiary/aromatic N) is 1. The van der Waals surface area contributed by atoms with Crippen molar-refractivity contribution in [1.82, 2.24) is 0 Å². The number of anilines is 3. The van der Waals surface area contributed by atoms with Gasteiger partial charge >= 0.3 is 0 Å². The van der Waals surface area contributed by atoms with Crippen LogP contribution in [0, 0.1) is 0 Å². The summed E-state index contributed by atoms with van der Waals surface area (Å²) in [6.45, 7) is 0. The third-order valence-electron chi connectivity index (χ3n) is 11.5. The molecule has 0 bridgehead atoms. The lowest BCUT2D eigenvalue weighted by Crippen LogP contribution is -2.10. The van der Waals surface area contributed by atoms with Crippen molar-refractivity contribution in [1.29, 1.82) is 0 Å². The van der Waals surface area contributed by atoms with Gasteiger partial charge in [-0.15, -0.1) is 11.3 Å². The van der Waals surface area contributed by atoms with E-state index in [4.69, 9.17) is 0 Å². The predicted molar refractivity (Wildman–Crippen MR) is 251 cm³/mol. The molecular weight excluding hydrogens is 719 g/mol. The van der Waals surface area contributed by atoms with Crippen molar-refractivity contribution in [3.63, 3.8) is 0 Å². The van der Waals surface area contributed by atoms with E-state index in [9.17, 15) is 0 Å². The van der Waals surface area contributed by atoms with Gasteiger partial charge in [0.1, 0.15) is 0 Å². The Bertz CT molecular complexity index is 3240. The molecule has 10 aromatic carbocycles. The lowest BCUT2D eigenvalue weighted by Gasteiger charge is -2.28. The van der Waals surface area contributed by atoms with Gasteiger partial charge in [-0.1, -0.05) is 194 Å². The summed E-state index contributed by atoms with van der Waals surface area (Å²) in [6.07, 6.45) is 0. The standard InChI is InChI=1S/C56H37NS/c1-3-12-38(13-4-1)39-24-26-40(27-25-39)41-30-34-46(35-31-41)57(53-23-9-17-45-29-28-43-16-7-8-18-48(43)54(45)53)47-36-32-44(33-37-47)50-20-11-22-52-51-21-10-19-49(55(51)58-56(50)52)42-14-5-2-6-15-42/h1-37H. The molecule has 11 aromatic rings. The minimum Gasteiger partial charge on any atom is -0.310 e. The van der Waals surface area contributed by atoms with E-state index < -0.39 is 0 Å². The summed E-state index contributed by atoms with van der Waals surface area (Å²) in [6, 6.07) is 81.7. The van der Waals surface area contributed by atoms with E-state index in [0.717, 1.165) is 17.1 Å². The largest absolute Gasteiger partial charge is 0.310 e. The minimum absolute atomic E-state index is 1.11. The van der Waals surface area contributed by atoms with Gasteiger partial charge in [0.25, 0.3) is 0 Å². The van der Waals surface area contributed by atoms with Crippen molar-refractivity contribution < 1.29 is 0 Å². The third-order valence-corrected chi connectivity index (χ3v) is 12.8. The van der Waals surface area contributed by atoms with Crippen LogP contribution in [-0.2, 0) is 0 Å². The molecule has 0 radical (unpaired) electrons. The van der Waals surface area contributed by atoms with Crippen molar-refractivity contribution in [2.24, 2.45) is 0 Å². The van der Waals surface area contributed by atoms with Gasteiger partial charge in [0.05, 0.1) is 5.69 Å². The van der Waals surface area contributed by atoms with Gasteiger partial charge in [0.2, 0.25) is 0 Å². The molecule has 1 heterocycles. The summed E-state index contributed by atoms with van der Waals surface area (Å²) in [5.74, 6) is 0. The van der Waals surface area contributed by atoms with E-state index >= 15 is 0 Å². The summed E-state index contributed by atoms with van der Waals surface area (Å²) in [7, 11) is 0. The number of hydrogen-bond acceptors (Lipinski definition) is 2. The molecule has 0 amide bonds. The Kier molecular flexibility index (Phi) is 8.42. The molecule has 1 aromatic heterocycles. The Hall–Kier alpha value is -7.26. The Morgan fingerprint density at radius 3 is 1.29 bits per heavy atom. The van der Waals surface area contributed by atoms with Crippen molar-refractivity contribution >= 4 is 70.1 Å². The van der Waals surface area contributed by atoms with E-state index in [2.05, 4.69) is 229 Å². The molecule has 0 unspecified atom stereocenters. The molecule has 58 heavy (non-hydrogen) atoms. The second-order valence-corrected chi connectivity index (χ2v) is 15.9. The molecule has 1 nitrogen and oxygen atoms in total. The number of rotatable bonds is 7. The lowest BCUT2D eigenvalue weighted by molar-refractivity contribution is 1.30. The van der Waals surface area contributed by atoms with Crippen LogP contribution < -0.4 is 4.90 Å². The summed E-state index contributed by atoms with van der Waals surface area (Å²) in [5, 5.41) is 7.56. The first-order chi connectivity index (χ1) is 28.8. The number of fused-ring (bicyclic) bond motifs is 6. The molecule has 2 heteroatoms. The highest BCUT2D eigenvalue weighted by Crippen LogP contribution is 2.46. The van der Waals surface area contributed by atoms with Crippen LogP contribution in [0.15, 0.2) is 224 Å². The molecular formula is C56H37NS. The second kappa shape index (κ2) is 14.4. The number of thiophene rings is 1. The maximum Gasteiger partial charge on any atom is 0.0546 e. The third kappa shape index (κ3) is 5.94. The molecule has 0 saturated carbocycles. The number of hydrogen-bond donors (Lipinski definition) is 0. The highest BCUT2D eigenvalue weighted by atomic mass is 32.1. The zero-order valence-corrected chi connectivity index (χ0v) is 32.5. The van der Waals surface area contributed by atoms with E-state index in [1.54, 1.807) is 0 Å². The van der Waals surface area contributed by atoms with E-state index in [-0.39, 0.29) is 0 Å². The van der Waals surface area contributed by atoms with Crippen LogP contribution in [0.5, 0.6) is 0 Å². The zero-order valence-electron chi connectivity index (χ0n) is 31.7. The minimum atomic E-state index is 1.11. The van der Waals surface area contributed by atoms with Crippen LogP contribution in [0.4, 0.5) is 17.1 Å². The molecule has 0 spiro atoms. The van der Waals surface area contributed by atoms with E-state index in [1.807, 2.05) is 11.3 Å². The van der Waals surface area contributed by atoms with Crippen LogP contribution in [0.3, 0.4) is 0 Å². The normalized spacial score (nSPS) is 11.4. The molecule has 0 saturated heterocycles. The second-order valence-electron chi connectivity index (χ2n) is 14.9. The molecule has 0 aliphatic heterocycles. The van der Waals surface area contributed by atoms with Gasteiger partial charge in [-0.25, -0.2) is 0 Å². The first-order valence-corrected chi connectivity index (χ1v) is 20.7. The Balaban J connectivity index is 1.02. The molecule has 0 N–H and O–H groups in total. The van der Waals surface area contributed by atoms with Crippen LogP contribution in [-0.4, -0.2) is 0 Å². The van der Waals surface area contributed by atoms with E-state index in [0.29, 0.717) is 0 Å². The monoisotopic (exact) mass is 755 g/mol. The van der Waals surface area contributed by atoms with Crippen LogP contribution in [0.1, 0.15) is 0 Å². The Morgan fingerprint density at radius 2 is 0.690 bits per heavy atom. The molecule has 0 fully saturated rings. The van der Waals surface area contributed by atoms with Crippen LogP contribution in [0.2, 0.25) is 0 Å². The maximum absolute atomic E-state index is 2.42. The first-order valence-electron chi connectivity index (χ1n) is 19.8. The summed E-state index contributed by atoms with van der Waals surface area (Å²) < 4.78 is 2.65. The smallest absolute Gasteiger partial charge is 0.0546 e. The van der Waals surface area contributed by atoms with Crippen molar-refractivity contribution in [3.8, 4) is 44.5 Å². The van der Waals surface area contributed by atoms with Gasteiger partial charge in [0, 0.05) is 36.9 Å². The fourth-order valence-electron chi connectivity index (χ4n) is 8.62. The van der Waals surface area contributed by atoms with Crippen LogP contribution >= 0.6 is 11.3 Å².